The van der Waals surface area contributed by atoms with Gasteiger partial charge < -0.3 is 9.67 Å². The van der Waals surface area contributed by atoms with Gasteiger partial charge in [-0.05, 0) is 17.7 Å². The monoisotopic (exact) mass is 268 g/mol. The number of imidazole rings is 1. The van der Waals surface area contributed by atoms with Crippen LogP contribution in [0.2, 0.25) is 5.15 Å². The maximum atomic E-state index is 9.05. The third-order valence-corrected chi connectivity index (χ3v) is 3.82. The van der Waals surface area contributed by atoms with E-state index in [1.807, 2.05) is 35.9 Å². The number of nitrogens with zero attached hydrogens (tertiary/aromatic N) is 2. The highest BCUT2D eigenvalue weighted by Gasteiger charge is 2.05. The molecule has 5 heteroatoms. The summed E-state index contributed by atoms with van der Waals surface area (Å²) in [6.45, 7) is 0.0721. The second kappa shape index (κ2) is 5.58. The largest absolute Gasteiger partial charge is 0.392 e. The highest BCUT2D eigenvalue weighted by atomic mass is 35.5. The molecule has 0 aliphatic carbocycles. The van der Waals surface area contributed by atoms with Gasteiger partial charge in [0.1, 0.15) is 11.0 Å². The molecular weight excluding hydrogens is 256 g/mol. The highest BCUT2D eigenvalue weighted by molar-refractivity contribution is 7.98. The molecule has 0 aliphatic heterocycles. The molecule has 0 aliphatic rings. The van der Waals surface area contributed by atoms with E-state index in [0.29, 0.717) is 5.15 Å². The Labute approximate surface area is 109 Å². The predicted molar refractivity (Wildman–Crippen MR) is 70.1 cm³/mol. The molecule has 0 amide bonds. The summed E-state index contributed by atoms with van der Waals surface area (Å²) in [7, 11) is 1.90. The Morgan fingerprint density at radius 1 is 1.47 bits per heavy atom. The molecule has 3 nitrogen and oxygen atoms in total. The highest BCUT2D eigenvalue weighted by Crippen LogP contribution is 2.24. The average molecular weight is 269 g/mol. The summed E-state index contributed by atoms with van der Waals surface area (Å²) in [4.78, 5) is 5.35. The minimum Gasteiger partial charge on any atom is -0.392 e. The molecule has 17 heavy (non-hydrogen) atoms. The van der Waals surface area contributed by atoms with Gasteiger partial charge in [-0.1, -0.05) is 23.7 Å². The Hall–Kier alpha value is -0.970. The second-order valence-electron chi connectivity index (χ2n) is 3.65. The number of aromatic nitrogens is 2. The van der Waals surface area contributed by atoms with Crippen LogP contribution in [0, 0.1) is 0 Å². The van der Waals surface area contributed by atoms with Gasteiger partial charge in [0.2, 0.25) is 0 Å². The normalized spacial score (nSPS) is 10.8. The molecule has 2 rings (SSSR count). The summed E-state index contributed by atoms with van der Waals surface area (Å²) in [6.07, 6.45) is 1.65. The van der Waals surface area contributed by atoms with E-state index in [1.54, 1.807) is 18.0 Å². The number of aliphatic hydroxyl groups is 1. The van der Waals surface area contributed by atoms with Crippen LogP contribution in [0.5, 0.6) is 0 Å². The Morgan fingerprint density at radius 2 is 2.29 bits per heavy atom. The average Bonchev–Trinajstić information content (AvgIpc) is 2.68. The van der Waals surface area contributed by atoms with E-state index in [2.05, 4.69) is 4.98 Å². The van der Waals surface area contributed by atoms with Crippen LogP contribution in [0.25, 0.3) is 0 Å². The molecule has 1 aromatic carbocycles. The van der Waals surface area contributed by atoms with E-state index in [9.17, 15) is 0 Å². The third-order valence-electron chi connectivity index (χ3n) is 2.48. The zero-order chi connectivity index (χ0) is 12.3. The number of rotatable bonds is 4. The van der Waals surface area contributed by atoms with Crippen LogP contribution in [-0.4, -0.2) is 14.7 Å². The number of benzene rings is 1. The van der Waals surface area contributed by atoms with Gasteiger partial charge in [0.05, 0.1) is 18.6 Å². The van der Waals surface area contributed by atoms with Gasteiger partial charge in [-0.25, -0.2) is 4.98 Å². The lowest BCUT2D eigenvalue weighted by Crippen LogP contribution is -1.95. The first kappa shape index (κ1) is 12.5. The molecule has 0 saturated carbocycles. The van der Waals surface area contributed by atoms with E-state index in [-0.39, 0.29) is 6.61 Å². The first-order chi connectivity index (χ1) is 8.20. The molecule has 0 unspecified atom stereocenters. The summed E-state index contributed by atoms with van der Waals surface area (Å²) in [5, 5.41) is 9.69. The molecule has 0 fully saturated rings. The van der Waals surface area contributed by atoms with Crippen molar-refractivity contribution in [1.29, 1.82) is 0 Å². The topological polar surface area (TPSA) is 38.0 Å². The fraction of sp³-hybridized carbons (Fsp3) is 0.250. The van der Waals surface area contributed by atoms with Crippen LogP contribution in [0.4, 0.5) is 0 Å². The van der Waals surface area contributed by atoms with E-state index in [0.717, 1.165) is 22.0 Å². The standard InChI is InChI=1S/C12H13ClN2OS/c1-15-11(13)6-14-12(15)8-17-10-4-2-3-9(5-10)7-16/h2-6,16H,7-8H2,1H3. The smallest absolute Gasteiger partial charge is 0.128 e. The summed E-state index contributed by atoms with van der Waals surface area (Å²) in [5.74, 6) is 1.70. The van der Waals surface area contributed by atoms with Crippen molar-refractivity contribution in [2.45, 2.75) is 17.3 Å². The molecule has 1 aromatic heterocycles. The lowest BCUT2D eigenvalue weighted by atomic mass is 10.2. The first-order valence-corrected chi connectivity index (χ1v) is 6.55. The first-order valence-electron chi connectivity index (χ1n) is 5.19. The third kappa shape index (κ3) is 3.03. The van der Waals surface area contributed by atoms with Crippen molar-refractivity contribution in [2.24, 2.45) is 7.05 Å². The lowest BCUT2D eigenvalue weighted by molar-refractivity contribution is 0.281. The maximum Gasteiger partial charge on any atom is 0.128 e. The Morgan fingerprint density at radius 3 is 2.94 bits per heavy atom. The van der Waals surface area contributed by atoms with E-state index >= 15 is 0 Å². The van der Waals surface area contributed by atoms with Crippen LogP contribution in [0.15, 0.2) is 35.4 Å². The summed E-state index contributed by atoms with van der Waals surface area (Å²) >= 11 is 7.59. The van der Waals surface area contributed by atoms with Crippen LogP contribution in [0.3, 0.4) is 0 Å². The van der Waals surface area contributed by atoms with E-state index < -0.39 is 0 Å². The number of thioether (sulfide) groups is 1. The van der Waals surface area contributed by atoms with Crippen molar-refractivity contribution in [1.82, 2.24) is 9.55 Å². The van der Waals surface area contributed by atoms with Crippen molar-refractivity contribution < 1.29 is 5.11 Å². The molecule has 0 atom stereocenters. The van der Waals surface area contributed by atoms with Crippen molar-refractivity contribution >= 4 is 23.4 Å². The van der Waals surface area contributed by atoms with Gasteiger partial charge in [-0.2, -0.15) is 0 Å². The van der Waals surface area contributed by atoms with Crippen molar-refractivity contribution in [2.75, 3.05) is 0 Å². The van der Waals surface area contributed by atoms with Crippen LogP contribution in [-0.2, 0) is 19.4 Å². The van der Waals surface area contributed by atoms with Gasteiger partial charge in [-0.15, -0.1) is 11.8 Å². The SMILES string of the molecule is Cn1c(Cl)cnc1CSc1cccc(CO)c1. The van der Waals surface area contributed by atoms with Crippen molar-refractivity contribution in [3.8, 4) is 0 Å². The Bertz CT molecular complexity index is 513. The van der Waals surface area contributed by atoms with Crippen LogP contribution < -0.4 is 0 Å². The van der Waals surface area contributed by atoms with E-state index in [1.165, 1.54) is 0 Å². The Balaban J connectivity index is 2.04. The summed E-state index contributed by atoms with van der Waals surface area (Å²) in [5.41, 5.74) is 0.924. The summed E-state index contributed by atoms with van der Waals surface area (Å²) in [6, 6.07) is 7.85. The lowest BCUT2D eigenvalue weighted by Gasteiger charge is -2.04. The second-order valence-corrected chi connectivity index (χ2v) is 5.09. The minimum atomic E-state index is 0.0721. The number of hydrogen-bond acceptors (Lipinski definition) is 3. The summed E-state index contributed by atoms with van der Waals surface area (Å²) < 4.78 is 1.87. The molecule has 0 radical (unpaired) electrons. The molecule has 0 spiro atoms. The van der Waals surface area contributed by atoms with Crippen molar-refractivity contribution in [3.63, 3.8) is 0 Å². The van der Waals surface area contributed by atoms with Crippen molar-refractivity contribution in [3.05, 3.63) is 47.0 Å². The van der Waals surface area contributed by atoms with Crippen LogP contribution >= 0.6 is 23.4 Å². The number of aliphatic hydroxyl groups excluding tert-OH is 1. The molecule has 90 valence electrons. The quantitative estimate of drug-likeness (QED) is 0.867. The van der Waals surface area contributed by atoms with Crippen LogP contribution in [0.1, 0.15) is 11.4 Å². The van der Waals surface area contributed by atoms with Gasteiger partial charge in [0, 0.05) is 11.9 Å². The van der Waals surface area contributed by atoms with E-state index in [4.69, 9.17) is 16.7 Å². The maximum absolute atomic E-state index is 9.05. The molecule has 1 heterocycles. The molecular formula is C12H13ClN2OS. The molecule has 0 saturated heterocycles. The molecule has 2 aromatic rings. The molecule has 0 bridgehead atoms. The number of hydrogen-bond donors (Lipinski definition) is 1. The predicted octanol–water partition coefficient (Wildman–Crippen LogP) is 2.86. The fourth-order valence-corrected chi connectivity index (χ4v) is 2.56. The van der Waals surface area contributed by atoms with Gasteiger partial charge >= 0.3 is 0 Å². The Kier molecular flexibility index (Phi) is 4.10. The zero-order valence-corrected chi connectivity index (χ0v) is 11.0. The zero-order valence-electron chi connectivity index (χ0n) is 9.43. The van der Waals surface area contributed by atoms with Gasteiger partial charge in [-0.3, -0.25) is 0 Å². The minimum absolute atomic E-state index is 0.0721. The number of halogens is 1. The fourth-order valence-electron chi connectivity index (χ4n) is 1.44. The van der Waals surface area contributed by atoms with Gasteiger partial charge in [0.15, 0.2) is 0 Å². The molecule has 1 N–H and O–H groups in total. The van der Waals surface area contributed by atoms with Gasteiger partial charge in [0.25, 0.3) is 0 Å².